The van der Waals surface area contributed by atoms with Crippen LogP contribution in [-0.4, -0.2) is 35.4 Å². The lowest BCUT2D eigenvalue weighted by atomic mass is 9.98. The van der Waals surface area contributed by atoms with E-state index in [1.54, 1.807) is 24.1 Å². The second-order valence-electron chi connectivity index (χ2n) is 7.99. The van der Waals surface area contributed by atoms with Gasteiger partial charge < -0.3 is 20.3 Å². The molecule has 1 aromatic heterocycles. The number of rotatable bonds is 6. The van der Waals surface area contributed by atoms with Gasteiger partial charge in [0.15, 0.2) is 11.6 Å². The van der Waals surface area contributed by atoms with Gasteiger partial charge in [0, 0.05) is 29.0 Å². The quantitative estimate of drug-likeness (QED) is 0.525. The van der Waals surface area contributed by atoms with Gasteiger partial charge in [-0.3, -0.25) is 4.79 Å². The molecule has 0 saturated heterocycles. The van der Waals surface area contributed by atoms with Crippen LogP contribution in [0.1, 0.15) is 18.4 Å². The number of hydrogen-bond acceptors (Lipinski definition) is 6. The fourth-order valence-electron chi connectivity index (χ4n) is 4.08. The zero-order valence-corrected chi connectivity index (χ0v) is 18.1. The minimum atomic E-state index is -0.585. The lowest BCUT2D eigenvalue weighted by Crippen LogP contribution is -2.32. The molecule has 2 aliphatic rings. The van der Waals surface area contributed by atoms with E-state index < -0.39 is 5.82 Å². The first-order valence-electron chi connectivity index (χ1n) is 10.2. The molecule has 1 amide bonds. The number of methoxy groups -OCH3 is 1. The zero-order chi connectivity index (χ0) is 22.3. The van der Waals surface area contributed by atoms with Crippen LogP contribution in [0, 0.1) is 5.82 Å². The molecule has 164 valence electrons. The fourth-order valence-corrected chi connectivity index (χ4v) is 4.23. The van der Waals surface area contributed by atoms with Crippen LogP contribution in [-0.2, 0) is 10.2 Å². The van der Waals surface area contributed by atoms with Gasteiger partial charge in [0.25, 0.3) is 0 Å². The number of aromatic nitrogens is 2. The summed E-state index contributed by atoms with van der Waals surface area (Å²) >= 11 is 5.82. The number of nitrogens with one attached hydrogen (secondary N) is 2. The van der Waals surface area contributed by atoms with Gasteiger partial charge in [-0.05, 0) is 54.8 Å². The predicted octanol–water partition coefficient (Wildman–Crippen LogP) is 4.73. The maximum absolute atomic E-state index is 14.4. The predicted molar refractivity (Wildman–Crippen MR) is 122 cm³/mol. The molecule has 2 N–H and O–H groups in total. The summed E-state index contributed by atoms with van der Waals surface area (Å²) in [5.74, 6) is 0.213. The van der Waals surface area contributed by atoms with Gasteiger partial charge >= 0.3 is 0 Å². The Bertz CT molecular complexity index is 1180. The topological polar surface area (TPSA) is 79.4 Å². The molecule has 0 radical (unpaired) electrons. The number of halogens is 2. The number of alkyl halides is 1. The lowest BCUT2D eigenvalue weighted by molar-refractivity contribution is -0.116. The Morgan fingerprint density at radius 2 is 1.94 bits per heavy atom. The number of fused-ring (bicyclic) bond motifs is 2. The summed E-state index contributed by atoms with van der Waals surface area (Å²) in [4.78, 5) is 22.4. The van der Waals surface area contributed by atoms with Crippen molar-refractivity contribution in [2.45, 2.75) is 18.3 Å². The highest BCUT2D eigenvalue weighted by Crippen LogP contribution is 2.57. The van der Waals surface area contributed by atoms with Gasteiger partial charge in [0.2, 0.25) is 11.9 Å². The SMILES string of the molecule is COc1ccc(Nc2ncc(F)c(Nc3ccc4c(c3)N(C(=O)CCl)CC43CC3)n2)cc1. The number of carbonyl (C=O) groups is 1. The first-order valence-corrected chi connectivity index (χ1v) is 10.8. The van der Waals surface area contributed by atoms with E-state index in [9.17, 15) is 9.18 Å². The van der Waals surface area contributed by atoms with Gasteiger partial charge in [-0.1, -0.05) is 6.07 Å². The van der Waals surface area contributed by atoms with E-state index in [2.05, 4.69) is 20.6 Å². The summed E-state index contributed by atoms with van der Waals surface area (Å²) in [5, 5.41) is 6.06. The molecule has 1 spiro atoms. The number of hydrogen-bond donors (Lipinski definition) is 2. The van der Waals surface area contributed by atoms with Crippen LogP contribution in [0.25, 0.3) is 0 Å². The van der Waals surface area contributed by atoms with E-state index in [0.717, 1.165) is 41.7 Å². The van der Waals surface area contributed by atoms with Gasteiger partial charge in [-0.2, -0.15) is 4.98 Å². The first-order chi connectivity index (χ1) is 15.5. The molecule has 7 nitrogen and oxygen atoms in total. The number of anilines is 5. The summed E-state index contributed by atoms with van der Waals surface area (Å²) in [7, 11) is 1.59. The fraction of sp³-hybridized carbons (Fsp3) is 0.261. The minimum absolute atomic E-state index is 0.0327. The van der Waals surface area contributed by atoms with Crippen molar-refractivity contribution >= 4 is 46.3 Å². The second kappa shape index (κ2) is 7.94. The molecule has 9 heteroatoms. The molecule has 1 fully saturated rings. The molecule has 2 heterocycles. The second-order valence-corrected chi connectivity index (χ2v) is 8.26. The van der Waals surface area contributed by atoms with Crippen LogP contribution in [0.4, 0.5) is 33.2 Å². The maximum atomic E-state index is 14.4. The summed E-state index contributed by atoms with van der Waals surface area (Å²) < 4.78 is 19.6. The zero-order valence-electron chi connectivity index (χ0n) is 17.4. The Kier molecular flexibility index (Phi) is 5.09. The van der Waals surface area contributed by atoms with Crippen LogP contribution < -0.4 is 20.3 Å². The van der Waals surface area contributed by atoms with Gasteiger partial charge in [0.1, 0.15) is 11.6 Å². The average molecular weight is 454 g/mol. The number of nitrogens with zero attached hydrogens (tertiary/aromatic N) is 3. The maximum Gasteiger partial charge on any atom is 0.241 e. The normalized spacial score (nSPS) is 15.4. The van der Waals surface area contributed by atoms with Crippen molar-refractivity contribution in [2.24, 2.45) is 0 Å². The lowest BCUT2D eigenvalue weighted by Gasteiger charge is -2.17. The molecule has 0 atom stereocenters. The Morgan fingerprint density at radius 1 is 1.19 bits per heavy atom. The van der Waals surface area contributed by atoms with Crippen molar-refractivity contribution < 1.29 is 13.9 Å². The van der Waals surface area contributed by atoms with Crippen molar-refractivity contribution in [3.05, 3.63) is 60.0 Å². The first kappa shape index (κ1) is 20.5. The molecule has 1 aliphatic heterocycles. The molecule has 0 unspecified atom stereocenters. The average Bonchev–Trinajstić information content (AvgIpc) is 3.52. The van der Waals surface area contributed by atoms with Crippen LogP contribution in [0.2, 0.25) is 0 Å². The smallest absolute Gasteiger partial charge is 0.241 e. The summed E-state index contributed by atoms with van der Waals surface area (Å²) in [6.45, 7) is 0.648. The molecule has 5 rings (SSSR count). The standard InChI is InChI=1S/C23H21ClFN5O2/c1-32-16-5-2-14(3-6-16)28-22-26-12-18(25)21(29-22)27-15-4-7-17-19(10-15)30(20(31)11-24)13-23(17)8-9-23/h2-7,10,12H,8-9,11,13H2,1H3,(H2,26,27,28,29). The van der Waals surface area contributed by atoms with Crippen LogP contribution in [0.15, 0.2) is 48.7 Å². The van der Waals surface area contributed by atoms with Crippen LogP contribution >= 0.6 is 11.6 Å². The van der Waals surface area contributed by atoms with Crippen molar-refractivity contribution in [3.63, 3.8) is 0 Å². The molecule has 2 aromatic carbocycles. The third kappa shape index (κ3) is 3.71. The highest BCUT2D eigenvalue weighted by Gasteiger charge is 2.52. The minimum Gasteiger partial charge on any atom is -0.497 e. The van der Waals surface area contributed by atoms with Gasteiger partial charge in [-0.15, -0.1) is 11.6 Å². The van der Waals surface area contributed by atoms with E-state index in [4.69, 9.17) is 16.3 Å². The Balaban J connectivity index is 1.39. The van der Waals surface area contributed by atoms with Gasteiger partial charge in [-0.25, -0.2) is 9.37 Å². The molecule has 32 heavy (non-hydrogen) atoms. The molecule has 3 aromatic rings. The van der Waals surface area contributed by atoms with E-state index in [-0.39, 0.29) is 29.0 Å². The highest BCUT2D eigenvalue weighted by molar-refractivity contribution is 6.29. The third-order valence-electron chi connectivity index (χ3n) is 5.94. The van der Waals surface area contributed by atoms with Crippen molar-refractivity contribution in [2.75, 3.05) is 35.1 Å². The highest BCUT2D eigenvalue weighted by atomic mass is 35.5. The summed E-state index contributed by atoms with van der Waals surface area (Å²) in [6, 6.07) is 13.0. The van der Waals surface area contributed by atoms with Crippen molar-refractivity contribution in [3.8, 4) is 5.75 Å². The monoisotopic (exact) mass is 453 g/mol. The molecule has 0 bridgehead atoms. The van der Waals surface area contributed by atoms with Crippen molar-refractivity contribution in [1.29, 1.82) is 0 Å². The molecular weight excluding hydrogens is 433 g/mol. The van der Waals surface area contributed by atoms with E-state index >= 15 is 0 Å². The van der Waals surface area contributed by atoms with E-state index in [1.807, 2.05) is 30.3 Å². The van der Waals surface area contributed by atoms with Crippen LogP contribution in [0.3, 0.4) is 0 Å². The molecule has 1 saturated carbocycles. The van der Waals surface area contributed by atoms with E-state index in [1.165, 1.54) is 0 Å². The Labute approximate surface area is 189 Å². The summed E-state index contributed by atoms with van der Waals surface area (Å²) in [5.41, 5.74) is 3.38. The number of ether oxygens (including phenoxy) is 1. The number of carbonyl (C=O) groups excluding carboxylic acids is 1. The third-order valence-corrected chi connectivity index (χ3v) is 6.17. The van der Waals surface area contributed by atoms with Crippen molar-refractivity contribution in [1.82, 2.24) is 9.97 Å². The molecule has 1 aliphatic carbocycles. The number of amides is 1. The molecular formula is C23H21ClFN5O2. The van der Waals surface area contributed by atoms with Gasteiger partial charge in [0.05, 0.1) is 13.3 Å². The number of benzene rings is 2. The van der Waals surface area contributed by atoms with E-state index in [0.29, 0.717) is 12.2 Å². The summed E-state index contributed by atoms with van der Waals surface area (Å²) in [6.07, 6.45) is 3.22. The Morgan fingerprint density at radius 3 is 2.62 bits per heavy atom. The Hall–Kier alpha value is -3.39. The largest absolute Gasteiger partial charge is 0.497 e. The van der Waals surface area contributed by atoms with Crippen LogP contribution in [0.5, 0.6) is 5.75 Å².